The van der Waals surface area contributed by atoms with Gasteiger partial charge in [-0.25, -0.2) is 0 Å². The maximum atomic E-state index is 11.7. The highest BCUT2D eigenvalue weighted by molar-refractivity contribution is 5.95. The molecule has 4 nitrogen and oxygen atoms in total. The summed E-state index contributed by atoms with van der Waals surface area (Å²) in [5.74, 6) is 0.0344. The molecule has 0 aliphatic rings. The smallest absolute Gasteiger partial charge is 0.241 e. The van der Waals surface area contributed by atoms with Crippen LogP contribution in [0.4, 0.5) is 5.69 Å². The minimum atomic E-state index is -0.521. The Labute approximate surface area is 108 Å². The van der Waals surface area contributed by atoms with Crippen LogP contribution in [0.3, 0.4) is 0 Å². The molecule has 2 unspecified atom stereocenters. The van der Waals surface area contributed by atoms with E-state index in [-0.39, 0.29) is 30.0 Å². The molecule has 0 fully saturated rings. The van der Waals surface area contributed by atoms with Gasteiger partial charge >= 0.3 is 0 Å². The number of anilines is 1. The highest BCUT2D eigenvalue weighted by Crippen LogP contribution is 2.16. The molecule has 0 radical (unpaired) electrons. The van der Waals surface area contributed by atoms with Crippen molar-refractivity contribution >= 4 is 24.0 Å². The molecule has 96 valence electrons. The molecule has 5 heteroatoms. The van der Waals surface area contributed by atoms with E-state index in [2.05, 4.69) is 5.32 Å². The summed E-state index contributed by atoms with van der Waals surface area (Å²) in [5, 5.41) is 11.9. The van der Waals surface area contributed by atoms with Crippen molar-refractivity contribution in [3.05, 3.63) is 24.3 Å². The number of phenols is 1. The van der Waals surface area contributed by atoms with Gasteiger partial charge in [-0.05, 0) is 18.1 Å². The molecule has 0 saturated carbocycles. The van der Waals surface area contributed by atoms with Crippen molar-refractivity contribution in [2.45, 2.75) is 26.3 Å². The van der Waals surface area contributed by atoms with E-state index in [9.17, 15) is 9.90 Å². The Hall–Kier alpha value is -1.26. The van der Waals surface area contributed by atoms with Gasteiger partial charge in [-0.1, -0.05) is 26.3 Å². The predicted octanol–water partition coefficient (Wildman–Crippen LogP) is 2.13. The summed E-state index contributed by atoms with van der Waals surface area (Å²) < 4.78 is 0. The highest BCUT2D eigenvalue weighted by Gasteiger charge is 2.19. The quantitative estimate of drug-likeness (QED) is 0.774. The van der Waals surface area contributed by atoms with Crippen LogP contribution in [0.1, 0.15) is 20.3 Å². The summed E-state index contributed by atoms with van der Waals surface area (Å²) in [6.45, 7) is 3.93. The van der Waals surface area contributed by atoms with Crippen molar-refractivity contribution in [3.63, 3.8) is 0 Å². The second kappa shape index (κ2) is 7.14. The minimum Gasteiger partial charge on any atom is -0.508 e. The van der Waals surface area contributed by atoms with Crippen LogP contribution in [0.15, 0.2) is 24.3 Å². The molecule has 0 bridgehead atoms. The summed E-state index contributed by atoms with van der Waals surface area (Å²) in [7, 11) is 0. The number of benzene rings is 1. The molecule has 0 spiro atoms. The summed E-state index contributed by atoms with van der Waals surface area (Å²) in [6.07, 6.45) is 0.856. The fourth-order valence-corrected chi connectivity index (χ4v) is 1.32. The number of hydrogen-bond donors (Lipinski definition) is 3. The summed E-state index contributed by atoms with van der Waals surface area (Å²) in [6, 6.07) is 5.89. The first kappa shape index (κ1) is 15.7. The van der Waals surface area contributed by atoms with Gasteiger partial charge in [-0.3, -0.25) is 4.79 Å². The van der Waals surface area contributed by atoms with Crippen LogP contribution in [0.5, 0.6) is 5.75 Å². The number of carbonyl (C=O) groups excluding carboxylic acids is 1. The van der Waals surface area contributed by atoms with E-state index < -0.39 is 6.04 Å². The molecule has 1 aromatic rings. The van der Waals surface area contributed by atoms with Gasteiger partial charge in [0.25, 0.3) is 0 Å². The first-order chi connectivity index (χ1) is 7.54. The third-order valence-electron chi connectivity index (χ3n) is 2.67. The van der Waals surface area contributed by atoms with E-state index in [0.717, 1.165) is 6.42 Å². The Morgan fingerprint density at radius 3 is 2.71 bits per heavy atom. The number of phenolic OH excluding ortho intramolecular Hbond substituents is 1. The Morgan fingerprint density at radius 1 is 1.53 bits per heavy atom. The molecule has 1 rings (SSSR count). The Morgan fingerprint density at radius 2 is 2.18 bits per heavy atom. The average Bonchev–Trinajstić information content (AvgIpc) is 2.27. The zero-order chi connectivity index (χ0) is 12.1. The van der Waals surface area contributed by atoms with Crippen LogP contribution in [-0.2, 0) is 4.79 Å². The zero-order valence-corrected chi connectivity index (χ0v) is 10.8. The van der Waals surface area contributed by atoms with Gasteiger partial charge in [0.2, 0.25) is 5.91 Å². The topological polar surface area (TPSA) is 75.4 Å². The van der Waals surface area contributed by atoms with Gasteiger partial charge < -0.3 is 16.2 Å². The van der Waals surface area contributed by atoms with Crippen molar-refractivity contribution in [2.75, 3.05) is 5.32 Å². The molecular weight excluding hydrogens is 240 g/mol. The molecule has 17 heavy (non-hydrogen) atoms. The van der Waals surface area contributed by atoms with Crippen LogP contribution >= 0.6 is 12.4 Å². The first-order valence-electron chi connectivity index (χ1n) is 5.40. The lowest BCUT2D eigenvalue weighted by molar-refractivity contribution is -0.118. The molecule has 0 saturated heterocycles. The predicted molar refractivity (Wildman–Crippen MR) is 71.4 cm³/mol. The Balaban J connectivity index is 0.00000256. The summed E-state index contributed by atoms with van der Waals surface area (Å²) >= 11 is 0. The van der Waals surface area contributed by atoms with Gasteiger partial charge in [0.1, 0.15) is 5.75 Å². The van der Waals surface area contributed by atoms with Crippen molar-refractivity contribution in [1.29, 1.82) is 0 Å². The Bertz CT molecular complexity index is 371. The molecule has 2 atom stereocenters. The number of aromatic hydroxyl groups is 1. The third-order valence-corrected chi connectivity index (χ3v) is 2.67. The van der Waals surface area contributed by atoms with Gasteiger partial charge in [-0.15, -0.1) is 12.4 Å². The van der Waals surface area contributed by atoms with E-state index in [1.54, 1.807) is 18.2 Å². The first-order valence-corrected chi connectivity index (χ1v) is 5.40. The monoisotopic (exact) mass is 258 g/mol. The fourth-order valence-electron chi connectivity index (χ4n) is 1.32. The molecule has 0 aliphatic carbocycles. The van der Waals surface area contributed by atoms with Gasteiger partial charge in [0.15, 0.2) is 0 Å². The number of hydrogen-bond acceptors (Lipinski definition) is 3. The van der Waals surface area contributed by atoms with Crippen LogP contribution in [0, 0.1) is 5.92 Å². The molecule has 1 aromatic carbocycles. The molecule has 1 amide bonds. The van der Waals surface area contributed by atoms with Gasteiger partial charge in [0, 0.05) is 11.8 Å². The van der Waals surface area contributed by atoms with Crippen LogP contribution in [0.25, 0.3) is 0 Å². The molecular formula is C12H19ClN2O2. The third kappa shape index (κ3) is 4.63. The van der Waals surface area contributed by atoms with Crippen molar-refractivity contribution in [2.24, 2.45) is 11.7 Å². The van der Waals surface area contributed by atoms with Gasteiger partial charge in [-0.2, -0.15) is 0 Å². The second-order valence-electron chi connectivity index (χ2n) is 3.95. The van der Waals surface area contributed by atoms with E-state index in [1.807, 2.05) is 13.8 Å². The molecule has 0 aliphatic heterocycles. The van der Waals surface area contributed by atoms with Crippen LogP contribution < -0.4 is 11.1 Å². The SMILES string of the molecule is CCC(C)C(N)C(=O)Nc1cccc(O)c1.Cl. The standard InChI is InChI=1S/C12H18N2O2.ClH/c1-3-8(2)11(13)12(16)14-9-5-4-6-10(15)7-9;/h4-8,11,15H,3,13H2,1-2H3,(H,14,16);1H. The van der Waals surface area contributed by atoms with E-state index in [4.69, 9.17) is 5.73 Å². The Kier molecular flexibility index (Phi) is 6.61. The highest BCUT2D eigenvalue weighted by atomic mass is 35.5. The fraction of sp³-hybridized carbons (Fsp3) is 0.417. The molecule has 0 heterocycles. The summed E-state index contributed by atoms with van der Waals surface area (Å²) in [5.41, 5.74) is 6.34. The van der Waals surface area contributed by atoms with E-state index >= 15 is 0 Å². The van der Waals surface area contributed by atoms with E-state index in [0.29, 0.717) is 5.69 Å². The van der Waals surface area contributed by atoms with Crippen LogP contribution in [-0.4, -0.2) is 17.1 Å². The maximum Gasteiger partial charge on any atom is 0.241 e. The molecule has 0 aromatic heterocycles. The maximum absolute atomic E-state index is 11.7. The lowest BCUT2D eigenvalue weighted by atomic mass is 9.99. The number of halogens is 1. The number of nitrogens with two attached hydrogens (primary N) is 1. The average molecular weight is 259 g/mol. The minimum absolute atomic E-state index is 0. The van der Waals surface area contributed by atoms with Crippen LogP contribution in [0.2, 0.25) is 0 Å². The number of carbonyl (C=O) groups is 1. The van der Waals surface area contributed by atoms with Gasteiger partial charge in [0.05, 0.1) is 6.04 Å². The zero-order valence-electron chi connectivity index (χ0n) is 10.0. The number of nitrogens with one attached hydrogen (secondary N) is 1. The van der Waals surface area contributed by atoms with E-state index in [1.165, 1.54) is 6.07 Å². The van der Waals surface area contributed by atoms with Crippen molar-refractivity contribution in [3.8, 4) is 5.75 Å². The van der Waals surface area contributed by atoms with Crippen molar-refractivity contribution in [1.82, 2.24) is 0 Å². The molecule has 4 N–H and O–H groups in total. The number of amides is 1. The normalized spacial score (nSPS) is 13.4. The summed E-state index contributed by atoms with van der Waals surface area (Å²) in [4.78, 5) is 11.7. The lowest BCUT2D eigenvalue weighted by Crippen LogP contribution is -2.40. The van der Waals surface area contributed by atoms with Crippen molar-refractivity contribution < 1.29 is 9.90 Å². The lowest BCUT2D eigenvalue weighted by Gasteiger charge is -2.17. The number of rotatable bonds is 4. The second-order valence-corrected chi connectivity index (χ2v) is 3.95. The largest absolute Gasteiger partial charge is 0.508 e.